The molecule has 9 heteroatoms. The van der Waals surface area contributed by atoms with Gasteiger partial charge in [0.2, 0.25) is 5.95 Å². The molecule has 2 N–H and O–H groups in total. The molecule has 128 valence electrons. The number of hydrogen-bond acceptors (Lipinski definition) is 7. The standard InChI is InChI=1S/C16H17IN8/c17-10-8-21-15(25-9-22-23-14(10)25)24-5-1-16(2-6-24)7-11-12(13(16)18)20-4-3-19-11/h3-4,8-9,13H,1-2,5-7,18H2/t13-/m1/s1. The quantitative estimate of drug-likeness (QED) is 0.562. The minimum Gasteiger partial charge on any atom is -0.342 e. The van der Waals surface area contributed by atoms with Gasteiger partial charge < -0.3 is 10.6 Å². The van der Waals surface area contributed by atoms with Crippen LogP contribution in [-0.2, 0) is 6.42 Å². The van der Waals surface area contributed by atoms with Crippen LogP contribution in [0.4, 0.5) is 5.95 Å². The molecule has 8 nitrogen and oxygen atoms in total. The van der Waals surface area contributed by atoms with Crippen molar-refractivity contribution in [2.75, 3.05) is 18.0 Å². The van der Waals surface area contributed by atoms with E-state index in [4.69, 9.17) is 5.73 Å². The van der Waals surface area contributed by atoms with E-state index < -0.39 is 0 Å². The summed E-state index contributed by atoms with van der Waals surface area (Å²) < 4.78 is 2.96. The molecule has 4 heterocycles. The zero-order valence-corrected chi connectivity index (χ0v) is 15.7. The van der Waals surface area contributed by atoms with E-state index in [1.165, 1.54) is 0 Å². The van der Waals surface area contributed by atoms with Crippen LogP contribution in [0.5, 0.6) is 0 Å². The number of anilines is 1. The van der Waals surface area contributed by atoms with E-state index in [9.17, 15) is 0 Å². The smallest absolute Gasteiger partial charge is 0.212 e. The Kier molecular flexibility index (Phi) is 3.42. The molecule has 25 heavy (non-hydrogen) atoms. The van der Waals surface area contributed by atoms with Crippen molar-refractivity contribution in [2.24, 2.45) is 11.1 Å². The Bertz CT molecular complexity index is 946. The molecule has 0 unspecified atom stereocenters. The number of halogens is 1. The molecule has 0 amide bonds. The maximum atomic E-state index is 6.57. The van der Waals surface area contributed by atoms with Gasteiger partial charge in [-0.05, 0) is 41.9 Å². The Hall–Kier alpha value is -1.88. The van der Waals surface area contributed by atoms with Gasteiger partial charge in [-0.25, -0.2) is 4.98 Å². The molecular weight excluding hydrogens is 431 g/mol. The number of piperidine rings is 1. The molecule has 3 aromatic rings. The van der Waals surface area contributed by atoms with E-state index in [2.05, 4.69) is 52.6 Å². The molecule has 2 aliphatic rings. The maximum absolute atomic E-state index is 6.57. The summed E-state index contributed by atoms with van der Waals surface area (Å²) in [5.74, 6) is 0.899. The summed E-state index contributed by atoms with van der Waals surface area (Å²) in [6.45, 7) is 1.81. The Morgan fingerprint density at radius 2 is 1.96 bits per heavy atom. The summed E-state index contributed by atoms with van der Waals surface area (Å²) in [5.41, 5.74) is 9.53. The average molecular weight is 448 g/mol. The number of fused-ring (bicyclic) bond motifs is 2. The lowest BCUT2D eigenvalue weighted by molar-refractivity contribution is 0.184. The van der Waals surface area contributed by atoms with Gasteiger partial charge in [-0.2, -0.15) is 0 Å². The van der Waals surface area contributed by atoms with Crippen molar-refractivity contribution in [2.45, 2.75) is 25.3 Å². The first-order valence-corrected chi connectivity index (χ1v) is 9.40. The van der Waals surface area contributed by atoms with Crippen molar-refractivity contribution in [1.82, 2.24) is 29.5 Å². The van der Waals surface area contributed by atoms with Crippen molar-refractivity contribution in [1.29, 1.82) is 0 Å². The summed E-state index contributed by atoms with van der Waals surface area (Å²) in [6, 6.07) is -0.0297. The Morgan fingerprint density at radius 3 is 2.76 bits per heavy atom. The van der Waals surface area contributed by atoms with Gasteiger partial charge in [0.1, 0.15) is 6.33 Å². The summed E-state index contributed by atoms with van der Waals surface area (Å²) in [7, 11) is 0. The third kappa shape index (κ3) is 2.25. The molecule has 3 aromatic heterocycles. The fourth-order valence-corrected chi connectivity index (χ4v) is 4.67. The van der Waals surface area contributed by atoms with Crippen LogP contribution >= 0.6 is 22.6 Å². The zero-order valence-electron chi connectivity index (χ0n) is 13.5. The second-order valence-electron chi connectivity index (χ2n) is 6.82. The summed E-state index contributed by atoms with van der Waals surface area (Å²) >= 11 is 2.24. The molecule has 1 fully saturated rings. The van der Waals surface area contributed by atoms with E-state index >= 15 is 0 Å². The van der Waals surface area contributed by atoms with Gasteiger partial charge in [0, 0.05) is 37.1 Å². The fraction of sp³-hybridized carbons (Fsp3) is 0.438. The molecule has 5 rings (SSSR count). The molecular formula is C16H17IN8. The zero-order chi connectivity index (χ0) is 17.0. The van der Waals surface area contributed by atoms with E-state index in [1.54, 1.807) is 18.7 Å². The van der Waals surface area contributed by atoms with Crippen molar-refractivity contribution >= 4 is 34.2 Å². The van der Waals surface area contributed by atoms with Gasteiger partial charge in [0.15, 0.2) is 5.65 Å². The first kappa shape index (κ1) is 15.4. The molecule has 1 spiro atoms. The second-order valence-corrected chi connectivity index (χ2v) is 7.99. The Labute approximate surface area is 158 Å². The Morgan fingerprint density at radius 1 is 1.16 bits per heavy atom. The number of rotatable bonds is 1. The van der Waals surface area contributed by atoms with Crippen molar-refractivity contribution in [3.8, 4) is 0 Å². The van der Waals surface area contributed by atoms with Crippen LogP contribution in [0.2, 0.25) is 0 Å². The van der Waals surface area contributed by atoms with E-state index in [-0.39, 0.29) is 11.5 Å². The summed E-state index contributed by atoms with van der Waals surface area (Å²) in [6.07, 6.45) is 10.0. The lowest BCUT2D eigenvalue weighted by Crippen LogP contribution is -2.45. The van der Waals surface area contributed by atoms with E-state index in [0.29, 0.717) is 0 Å². The first-order valence-electron chi connectivity index (χ1n) is 8.32. The molecule has 1 atom stereocenters. The summed E-state index contributed by atoms with van der Waals surface area (Å²) in [5, 5.41) is 8.22. The van der Waals surface area contributed by atoms with Gasteiger partial charge >= 0.3 is 0 Å². The van der Waals surface area contributed by atoms with Crippen LogP contribution in [-0.4, -0.2) is 42.6 Å². The highest BCUT2D eigenvalue weighted by Gasteiger charge is 2.47. The SMILES string of the molecule is N[C@@H]1c2nccnc2CC12CCN(c1ncc(I)c3nncn13)CC2. The average Bonchev–Trinajstić information content (AvgIpc) is 3.22. The minimum absolute atomic E-state index is 0.0297. The van der Waals surface area contributed by atoms with Gasteiger partial charge in [-0.15, -0.1) is 10.2 Å². The molecule has 0 aromatic carbocycles. The van der Waals surface area contributed by atoms with Crippen molar-refractivity contribution in [3.63, 3.8) is 0 Å². The topological polar surface area (TPSA) is 98.1 Å². The van der Waals surface area contributed by atoms with E-state index in [1.807, 2.05) is 10.6 Å². The highest BCUT2D eigenvalue weighted by molar-refractivity contribution is 14.1. The molecule has 1 saturated heterocycles. The molecule has 1 aliphatic heterocycles. The number of aromatic nitrogens is 6. The number of nitrogens with zero attached hydrogens (tertiary/aromatic N) is 7. The molecule has 0 saturated carbocycles. The van der Waals surface area contributed by atoms with Crippen LogP contribution in [0.15, 0.2) is 24.9 Å². The van der Waals surface area contributed by atoms with Crippen LogP contribution in [0.25, 0.3) is 5.65 Å². The van der Waals surface area contributed by atoms with Gasteiger partial charge in [-0.1, -0.05) is 0 Å². The van der Waals surface area contributed by atoms with Crippen LogP contribution in [0, 0.1) is 8.99 Å². The number of hydrogen-bond donors (Lipinski definition) is 1. The normalized spacial score (nSPS) is 21.8. The first-order chi connectivity index (χ1) is 12.2. The van der Waals surface area contributed by atoms with Gasteiger partial charge in [-0.3, -0.25) is 14.4 Å². The highest BCUT2D eigenvalue weighted by atomic mass is 127. The third-order valence-electron chi connectivity index (χ3n) is 5.59. The Balaban J connectivity index is 1.42. The predicted molar refractivity (Wildman–Crippen MR) is 100 cm³/mol. The maximum Gasteiger partial charge on any atom is 0.212 e. The van der Waals surface area contributed by atoms with Crippen LogP contribution in [0.3, 0.4) is 0 Å². The van der Waals surface area contributed by atoms with Crippen LogP contribution < -0.4 is 10.6 Å². The largest absolute Gasteiger partial charge is 0.342 e. The van der Waals surface area contributed by atoms with Crippen LogP contribution in [0.1, 0.15) is 30.3 Å². The van der Waals surface area contributed by atoms with Gasteiger partial charge in [0.25, 0.3) is 0 Å². The second kappa shape index (κ2) is 5.56. The van der Waals surface area contributed by atoms with Gasteiger partial charge in [0.05, 0.1) is 21.0 Å². The van der Waals surface area contributed by atoms with Crippen molar-refractivity contribution in [3.05, 3.63) is 39.9 Å². The molecule has 0 bridgehead atoms. The third-order valence-corrected chi connectivity index (χ3v) is 6.35. The lowest BCUT2D eigenvalue weighted by atomic mass is 9.73. The summed E-state index contributed by atoms with van der Waals surface area (Å²) in [4.78, 5) is 15.9. The molecule has 0 radical (unpaired) electrons. The highest BCUT2D eigenvalue weighted by Crippen LogP contribution is 2.49. The minimum atomic E-state index is -0.0297. The molecule has 1 aliphatic carbocycles. The van der Waals surface area contributed by atoms with E-state index in [0.717, 1.165) is 58.9 Å². The monoisotopic (exact) mass is 448 g/mol. The number of nitrogens with two attached hydrogens (primary N) is 1. The predicted octanol–water partition coefficient (Wildman–Crippen LogP) is 1.36. The lowest BCUT2D eigenvalue weighted by Gasteiger charge is -2.42. The fourth-order valence-electron chi connectivity index (χ4n) is 4.16. The van der Waals surface area contributed by atoms with Crippen molar-refractivity contribution < 1.29 is 0 Å².